The molecule has 32 heavy (non-hydrogen) atoms. The number of nitrogens with two attached hydrogens (primary N) is 1. The Morgan fingerprint density at radius 3 is 2.09 bits per heavy atom. The second-order valence-electron chi connectivity index (χ2n) is 8.90. The molecule has 0 bridgehead atoms. The van der Waals surface area contributed by atoms with Crippen molar-refractivity contribution >= 4 is 11.7 Å². The third kappa shape index (κ3) is 11.2. The Hall–Kier alpha value is -1.70. The molecule has 182 valence electrons. The van der Waals surface area contributed by atoms with E-state index in [1.807, 2.05) is 0 Å². The number of unbranched alkanes of at least 4 members (excludes halogenated alkanes) is 9. The Morgan fingerprint density at radius 2 is 1.50 bits per heavy atom. The van der Waals surface area contributed by atoms with Crippen molar-refractivity contribution in [1.29, 1.82) is 0 Å². The smallest absolute Gasteiger partial charge is 0.255 e. The minimum atomic E-state index is -0.125. The van der Waals surface area contributed by atoms with Crippen molar-refractivity contribution < 1.29 is 9.53 Å². The lowest BCUT2D eigenvalue weighted by Crippen LogP contribution is -2.47. The number of nitrogen functional groups attached to an aromatic ring is 1. The molecule has 0 spiro atoms. The zero-order valence-electron chi connectivity index (χ0n) is 20.2. The van der Waals surface area contributed by atoms with E-state index in [2.05, 4.69) is 20.1 Å². The van der Waals surface area contributed by atoms with E-state index in [0.717, 1.165) is 19.6 Å². The highest BCUT2D eigenvalue weighted by molar-refractivity contribution is 5.98. The van der Waals surface area contributed by atoms with Gasteiger partial charge in [-0.2, -0.15) is 0 Å². The lowest BCUT2D eigenvalue weighted by atomic mass is 10.1. The van der Waals surface area contributed by atoms with E-state index in [0.29, 0.717) is 17.9 Å². The monoisotopic (exact) mass is 447 g/mol. The molecule has 0 radical (unpaired) electrons. The maximum absolute atomic E-state index is 12.0. The number of hydrogen-bond donors (Lipinski definition) is 2. The molecule has 0 aliphatic carbocycles. The van der Waals surface area contributed by atoms with Gasteiger partial charge < -0.3 is 20.7 Å². The predicted molar refractivity (Wildman–Crippen MR) is 132 cm³/mol. The molecule has 0 unspecified atom stereocenters. The number of anilines is 1. The van der Waals surface area contributed by atoms with Crippen molar-refractivity contribution in [2.24, 2.45) is 0 Å². The average molecular weight is 448 g/mol. The van der Waals surface area contributed by atoms with E-state index in [4.69, 9.17) is 10.5 Å². The van der Waals surface area contributed by atoms with Crippen LogP contribution in [0.1, 0.15) is 74.6 Å². The third-order valence-corrected chi connectivity index (χ3v) is 6.35. The summed E-state index contributed by atoms with van der Waals surface area (Å²) in [6.45, 7) is 8.70. The van der Waals surface area contributed by atoms with Gasteiger partial charge in [0.25, 0.3) is 5.91 Å². The van der Waals surface area contributed by atoms with Gasteiger partial charge in [0.1, 0.15) is 5.82 Å². The Bertz CT molecular complexity index is 620. The molecule has 1 amide bonds. The number of nitrogens with zero attached hydrogens (tertiary/aromatic N) is 3. The summed E-state index contributed by atoms with van der Waals surface area (Å²) in [7, 11) is 1.78. The molecule has 0 saturated carbocycles. The number of carbonyl (C=O) groups is 1. The van der Waals surface area contributed by atoms with E-state index in [1.54, 1.807) is 25.4 Å². The van der Waals surface area contributed by atoms with Crippen LogP contribution in [0.4, 0.5) is 5.82 Å². The van der Waals surface area contributed by atoms with E-state index in [1.165, 1.54) is 90.5 Å². The first kappa shape index (κ1) is 26.6. The molecular formula is C25H45N5O2. The maximum atomic E-state index is 12.0. The van der Waals surface area contributed by atoms with Crippen molar-refractivity contribution in [2.45, 2.75) is 64.2 Å². The molecule has 1 fully saturated rings. The summed E-state index contributed by atoms with van der Waals surface area (Å²) in [5.74, 6) is 0.168. The van der Waals surface area contributed by atoms with Crippen molar-refractivity contribution in [1.82, 2.24) is 20.1 Å². The number of hydrogen-bond acceptors (Lipinski definition) is 6. The first-order valence-corrected chi connectivity index (χ1v) is 12.6. The van der Waals surface area contributed by atoms with Gasteiger partial charge in [-0.25, -0.2) is 4.98 Å². The third-order valence-electron chi connectivity index (χ3n) is 6.35. The fourth-order valence-corrected chi connectivity index (χ4v) is 4.24. The molecule has 0 atom stereocenters. The molecule has 0 aromatic carbocycles. The van der Waals surface area contributed by atoms with E-state index >= 15 is 0 Å². The summed E-state index contributed by atoms with van der Waals surface area (Å²) in [5, 5.41) is 2.93. The maximum Gasteiger partial charge on any atom is 0.255 e. The van der Waals surface area contributed by atoms with Gasteiger partial charge in [0.05, 0.1) is 12.2 Å². The van der Waals surface area contributed by atoms with Crippen LogP contribution >= 0.6 is 0 Å². The molecular weight excluding hydrogens is 402 g/mol. The van der Waals surface area contributed by atoms with Gasteiger partial charge in [0.15, 0.2) is 0 Å². The Balaban J connectivity index is 1.32. The summed E-state index contributed by atoms with van der Waals surface area (Å²) in [6, 6.07) is 3.45. The zero-order chi connectivity index (χ0) is 22.9. The molecule has 2 rings (SSSR count). The van der Waals surface area contributed by atoms with Crippen LogP contribution in [0.25, 0.3) is 0 Å². The van der Waals surface area contributed by atoms with Crippen molar-refractivity contribution in [3.8, 4) is 0 Å². The first-order chi connectivity index (χ1) is 15.7. The van der Waals surface area contributed by atoms with E-state index in [-0.39, 0.29) is 5.91 Å². The highest BCUT2D eigenvalue weighted by Crippen LogP contribution is 2.12. The highest BCUT2D eigenvalue weighted by atomic mass is 16.5. The number of piperazine rings is 1. The summed E-state index contributed by atoms with van der Waals surface area (Å²) in [5.41, 5.74) is 6.20. The molecule has 7 nitrogen and oxygen atoms in total. The minimum absolute atomic E-state index is 0.125. The fourth-order valence-electron chi connectivity index (χ4n) is 4.24. The van der Waals surface area contributed by atoms with Crippen LogP contribution in [0.3, 0.4) is 0 Å². The SMILES string of the molecule is COCCN1CCN(CCCCCCCCCCCCNC(=O)c2cccnc2N)CC1. The number of methoxy groups -OCH3 is 1. The van der Waals surface area contributed by atoms with Gasteiger partial charge >= 0.3 is 0 Å². The van der Waals surface area contributed by atoms with Crippen LogP contribution in [0, 0.1) is 0 Å². The lowest BCUT2D eigenvalue weighted by Gasteiger charge is -2.34. The average Bonchev–Trinajstić information content (AvgIpc) is 2.81. The first-order valence-electron chi connectivity index (χ1n) is 12.6. The molecule has 2 heterocycles. The van der Waals surface area contributed by atoms with E-state index in [9.17, 15) is 4.79 Å². The predicted octanol–water partition coefficient (Wildman–Crippen LogP) is 3.56. The molecule has 1 aliphatic rings. The molecule has 1 saturated heterocycles. The Morgan fingerprint density at radius 1 is 0.938 bits per heavy atom. The van der Waals surface area contributed by atoms with Crippen LogP contribution in [0.15, 0.2) is 18.3 Å². The molecule has 1 aromatic rings. The zero-order valence-corrected chi connectivity index (χ0v) is 20.2. The summed E-state index contributed by atoms with van der Waals surface area (Å²) in [6.07, 6.45) is 14.5. The molecule has 1 aliphatic heterocycles. The van der Waals surface area contributed by atoms with Gasteiger partial charge in [-0.05, 0) is 31.5 Å². The quantitative estimate of drug-likeness (QED) is 0.355. The second kappa shape index (κ2) is 16.9. The van der Waals surface area contributed by atoms with Crippen LogP contribution in [0.2, 0.25) is 0 Å². The van der Waals surface area contributed by atoms with Gasteiger partial charge in [-0.1, -0.05) is 51.4 Å². The van der Waals surface area contributed by atoms with Gasteiger partial charge in [-0.15, -0.1) is 0 Å². The normalized spacial score (nSPS) is 15.2. The number of nitrogens with one attached hydrogen (secondary N) is 1. The van der Waals surface area contributed by atoms with Crippen molar-refractivity contribution in [2.75, 3.05) is 65.3 Å². The van der Waals surface area contributed by atoms with Crippen LogP contribution in [0.5, 0.6) is 0 Å². The Kier molecular flexibility index (Phi) is 14.0. The Labute approximate surface area is 195 Å². The summed E-state index contributed by atoms with van der Waals surface area (Å²) >= 11 is 0. The summed E-state index contributed by atoms with van der Waals surface area (Å²) < 4.78 is 5.17. The van der Waals surface area contributed by atoms with E-state index < -0.39 is 0 Å². The van der Waals surface area contributed by atoms with Crippen LogP contribution in [-0.2, 0) is 4.74 Å². The lowest BCUT2D eigenvalue weighted by molar-refractivity contribution is 0.0953. The van der Waals surface area contributed by atoms with Crippen molar-refractivity contribution in [3.63, 3.8) is 0 Å². The van der Waals surface area contributed by atoms with Crippen LogP contribution < -0.4 is 11.1 Å². The minimum Gasteiger partial charge on any atom is -0.383 e. The van der Waals surface area contributed by atoms with Crippen molar-refractivity contribution in [3.05, 3.63) is 23.9 Å². The highest BCUT2D eigenvalue weighted by Gasteiger charge is 2.15. The number of rotatable bonds is 17. The molecule has 3 N–H and O–H groups in total. The van der Waals surface area contributed by atoms with Crippen LogP contribution in [-0.4, -0.2) is 80.2 Å². The van der Waals surface area contributed by atoms with Gasteiger partial charge in [0, 0.05) is 52.6 Å². The number of ether oxygens (including phenoxy) is 1. The largest absolute Gasteiger partial charge is 0.383 e. The number of pyridine rings is 1. The number of amides is 1. The topological polar surface area (TPSA) is 83.7 Å². The second-order valence-corrected chi connectivity index (χ2v) is 8.90. The standard InChI is InChI=1S/C25H45N5O2/c1-32-22-21-30-19-17-29(18-20-30)16-11-9-7-5-3-2-4-6-8-10-14-28-25(31)23-13-12-15-27-24(23)26/h12-13,15H,2-11,14,16-22H2,1H3,(H2,26,27)(H,28,31). The molecule has 1 aromatic heterocycles. The summed E-state index contributed by atoms with van der Waals surface area (Å²) in [4.78, 5) is 21.1. The fraction of sp³-hybridized carbons (Fsp3) is 0.760. The molecule has 7 heteroatoms. The van der Waals surface area contributed by atoms with Gasteiger partial charge in [-0.3, -0.25) is 9.69 Å². The number of aromatic nitrogens is 1. The van der Waals surface area contributed by atoms with Gasteiger partial charge in [0.2, 0.25) is 0 Å². The number of carbonyl (C=O) groups excluding carboxylic acids is 1.